The summed E-state index contributed by atoms with van der Waals surface area (Å²) in [6.45, 7) is 6.78. The topological polar surface area (TPSA) is 9.23 Å². The summed E-state index contributed by atoms with van der Waals surface area (Å²) in [6, 6.07) is 0. The predicted molar refractivity (Wildman–Crippen MR) is 368 cm³/mol. The van der Waals surface area contributed by atoms with Crippen LogP contribution in [0.5, 0.6) is 0 Å². The zero-order valence-corrected chi connectivity index (χ0v) is 43.0. The third-order valence-corrected chi connectivity index (χ3v) is 13.7. The fourth-order valence-corrected chi connectivity index (χ4v) is 9.49. The van der Waals surface area contributed by atoms with Crippen molar-refractivity contribution in [2.75, 3.05) is 6.61 Å². The molecule has 0 fully saturated rings. The lowest BCUT2D eigenvalue weighted by Gasteiger charge is -2.35. The van der Waals surface area contributed by atoms with E-state index in [4.69, 9.17) is 4.74 Å². The Morgan fingerprint density at radius 2 is 0.831 bits per heavy atom. The van der Waals surface area contributed by atoms with Gasteiger partial charge in [-0.05, 0) is 5.92 Å². The molecule has 0 aliphatic heterocycles. The zero-order chi connectivity index (χ0) is 45.4. The molecule has 0 aromatic carbocycles. The second kappa shape index (κ2) is 33.1. The van der Waals surface area contributed by atoms with Crippen LogP contribution in [-0.2, 0) is 4.74 Å². The van der Waals surface area contributed by atoms with Crippen molar-refractivity contribution in [2.24, 2.45) is 11.8 Å². The van der Waals surface area contributed by atoms with E-state index in [-0.39, 0.29) is 31.1 Å². The Morgan fingerprint density at radius 1 is 0.458 bits per heavy atom. The second-order valence-corrected chi connectivity index (χ2v) is 21.1. The van der Waals surface area contributed by atoms with Crippen LogP contribution in [0.3, 0.4) is 0 Å². The van der Waals surface area contributed by atoms with Crippen LogP contribution in [0, 0.1) is 58.6 Å². The average Bonchev–Trinajstić information content (AvgIpc) is 3.15. The van der Waals surface area contributed by atoms with Crippen molar-refractivity contribution in [3.05, 3.63) is 12.7 Å². The lowest BCUT2D eigenvalue weighted by molar-refractivity contribution is -0.000191. The van der Waals surface area contributed by atoms with Crippen molar-refractivity contribution in [3.63, 3.8) is 0 Å². The largest absolute Gasteiger partial charge is 0.374 e. The first-order valence-electron chi connectivity index (χ1n) is 24.9. The van der Waals surface area contributed by atoms with E-state index in [2.05, 4.69) is 208 Å². The Hall–Kier alpha value is 0.537. The minimum absolute atomic E-state index is 0.0315. The van der Waals surface area contributed by atoms with Gasteiger partial charge in [-0.1, -0.05) is 18.7 Å². The quantitative estimate of drug-likeness (QED) is 0.0517. The summed E-state index contributed by atoms with van der Waals surface area (Å²) in [7, 11) is 51.4. The minimum Gasteiger partial charge on any atom is -0.374 e. The number of ether oxygens (including phenoxy) is 1. The molecule has 59 heavy (non-hydrogen) atoms. The molecule has 0 aliphatic rings. The van der Waals surface area contributed by atoms with E-state index in [1.807, 2.05) is 6.08 Å². The number of rotatable bonds is 25. The highest BCUT2D eigenvalue weighted by molar-refractivity contribution is 7.97. The van der Waals surface area contributed by atoms with E-state index < -0.39 is 0 Å². The fraction of sp³-hybridized carbons (Fsp3) is 0.444. The van der Waals surface area contributed by atoms with E-state index in [1.54, 1.807) is 0 Å². The van der Waals surface area contributed by atoms with Gasteiger partial charge in [-0.3, -0.25) is 0 Å². The predicted octanol–water partition coefficient (Wildman–Crippen LogP) is -24.5. The maximum atomic E-state index is 7.12. The summed E-state index contributed by atoms with van der Waals surface area (Å²) in [5, 5.41) is 0. The van der Waals surface area contributed by atoms with Crippen molar-refractivity contribution in [1.29, 1.82) is 0 Å². The van der Waals surface area contributed by atoms with Gasteiger partial charge in [-0.2, -0.15) is 34.9 Å². The summed E-state index contributed by atoms with van der Waals surface area (Å²) in [6.07, 6.45) is 10.8. The van der Waals surface area contributed by atoms with Gasteiger partial charge >= 0.3 is 0 Å². The first kappa shape index (κ1) is 59.5. The van der Waals surface area contributed by atoms with E-state index >= 15 is 0 Å². The number of hydrogen-bond donors (Lipinski definition) is 0. The summed E-state index contributed by atoms with van der Waals surface area (Å²) in [4.78, 5) is 0. The standard InChI is InChI=1S/C18H60B40O/c1-2-13-59-18(16(5-3-7-47(53(31)32)57(41-21)55(35)36)6-4-8-48(54(33)34)58(42-22)56(37)38)17(14-43(49(23)24)9-11-45(39-19)51(27)28)15-44(50(25)26)10-12-46(40-20)52(29)30/h2,16-18,39-42H,1,5-6,13-15,19-38H2. The summed E-state index contributed by atoms with van der Waals surface area (Å²) >= 11 is 0. The molecule has 41 heteroatoms. The van der Waals surface area contributed by atoms with Crippen LogP contribution in [0.1, 0.15) is 12.8 Å². The SMILES string of the molecule is BBB(C#CB(CC(CB(C#CB(BB)B(B)B)B(B)B)C(OCC=C)C(CC#CB(B(B)B)B(BB)B(B)B)CC#CB(B(B)B)B(BB)B(B)B)B(B)B)B(B)B. The van der Waals surface area contributed by atoms with Gasteiger partial charge in [0.05, 0.1) is 194 Å². The molecule has 258 valence electrons. The highest BCUT2D eigenvalue weighted by Crippen LogP contribution is 2.31. The molecule has 0 aliphatic carbocycles. The Balaban J connectivity index is 7.96. The lowest BCUT2D eigenvalue weighted by Crippen LogP contribution is -2.61. The molecule has 0 bridgehead atoms. The zero-order valence-electron chi connectivity index (χ0n) is 43.0. The molecule has 0 rings (SSSR count). The van der Waals surface area contributed by atoms with E-state index in [0.717, 1.165) is 53.7 Å². The van der Waals surface area contributed by atoms with Crippen molar-refractivity contribution in [3.8, 4) is 46.8 Å². The van der Waals surface area contributed by atoms with E-state index in [0.29, 0.717) is 96.4 Å². The molecule has 0 aromatic heterocycles. The van der Waals surface area contributed by atoms with Crippen molar-refractivity contribution in [2.45, 2.75) is 31.6 Å². The smallest absolute Gasteiger partial charge is 0.180 e. The highest BCUT2D eigenvalue weighted by atomic mass is 16.5. The fourth-order valence-electron chi connectivity index (χ4n) is 9.49. The van der Waals surface area contributed by atoms with Gasteiger partial charge in [-0.15, -0.1) is 18.4 Å². The van der Waals surface area contributed by atoms with Gasteiger partial charge < -0.3 is 4.74 Å². The van der Waals surface area contributed by atoms with Crippen LogP contribution in [0.15, 0.2) is 12.7 Å². The molecule has 0 amide bonds. The summed E-state index contributed by atoms with van der Waals surface area (Å²) < 4.78 is 7.12. The molecule has 0 heterocycles. The molecule has 0 N–H and O–H groups in total. The van der Waals surface area contributed by atoms with Gasteiger partial charge in [-0.25, -0.2) is 0 Å². The number of hydrogen-bond acceptors (Lipinski definition) is 1. The Kier molecular flexibility index (Phi) is 33.4. The van der Waals surface area contributed by atoms with Crippen LogP contribution < -0.4 is 0 Å². The second-order valence-electron chi connectivity index (χ2n) is 21.1. The third kappa shape index (κ3) is 22.8. The first-order valence-corrected chi connectivity index (χ1v) is 24.9. The van der Waals surface area contributed by atoms with Gasteiger partial charge in [0, 0.05) is 84.0 Å². The molecule has 1 atom stereocenters. The maximum Gasteiger partial charge on any atom is 0.180 e. The highest BCUT2D eigenvalue weighted by Gasteiger charge is 2.38. The first-order chi connectivity index (χ1) is 27.7. The molecular formula is C18H60B40O. The van der Waals surface area contributed by atoms with Crippen LogP contribution in [-0.4, -0.2) is 299 Å². The van der Waals surface area contributed by atoms with Crippen molar-refractivity contribution in [1.82, 2.24) is 0 Å². The minimum atomic E-state index is -0.0315. The lowest BCUT2D eigenvalue weighted by atomic mass is 8.60. The average molecular weight is 725 g/mol. The van der Waals surface area contributed by atoms with Crippen LogP contribution in [0.25, 0.3) is 0 Å². The maximum absolute atomic E-state index is 7.12. The molecule has 0 radical (unpaired) electrons. The molecule has 1 unspecified atom stereocenters. The van der Waals surface area contributed by atoms with Crippen LogP contribution in [0.4, 0.5) is 0 Å². The monoisotopic (exact) mass is 733 g/mol. The Morgan fingerprint density at radius 3 is 1.08 bits per heavy atom. The molecule has 1 nitrogen and oxygen atoms in total. The van der Waals surface area contributed by atoms with Crippen molar-refractivity contribution < 1.29 is 4.74 Å². The van der Waals surface area contributed by atoms with E-state index in [1.165, 1.54) is 0 Å². The normalized spacial score (nSPS) is 9.86. The summed E-state index contributed by atoms with van der Waals surface area (Å²) in [5.41, 5.74) is 0. The molecular weight excluding hydrogens is 665 g/mol. The Labute approximate surface area is 397 Å². The van der Waals surface area contributed by atoms with Crippen molar-refractivity contribution >= 4 is 286 Å². The Bertz CT molecular complexity index is 1310. The van der Waals surface area contributed by atoms with Crippen LogP contribution >= 0.6 is 0 Å². The van der Waals surface area contributed by atoms with Gasteiger partial charge in [0.2, 0.25) is 0 Å². The van der Waals surface area contributed by atoms with Gasteiger partial charge in [0.1, 0.15) is 26.0 Å². The van der Waals surface area contributed by atoms with Gasteiger partial charge in [0.15, 0.2) is 13.2 Å². The van der Waals surface area contributed by atoms with E-state index in [9.17, 15) is 0 Å². The molecule has 0 aromatic rings. The molecule has 0 saturated heterocycles. The molecule has 0 saturated carbocycles. The van der Waals surface area contributed by atoms with Crippen LogP contribution in [0.2, 0.25) is 12.6 Å². The third-order valence-electron chi connectivity index (χ3n) is 13.7. The molecule has 0 spiro atoms. The summed E-state index contributed by atoms with van der Waals surface area (Å²) in [5.74, 6) is 31.3. The van der Waals surface area contributed by atoms with Gasteiger partial charge in [0.25, 0.3) is 0 Å².